The maximum absolute atomic E-state index is 10.8. The van der Waals surface area contributed by atoms with E-state index in [0.717, 1.165) is 0 Å². The van der Waals surface area contributed by atoms with Gasteiger partial charge in [-0.1, -0.05) is 0 Å². The second-order valence-corrected chi connectivity index (χ2v) is 4.52. The van der Waals surface area contributed by atoms with Crippen LogP contribution in [0, 0.1) is 11.3 Å². The minimum absolute atomic E-state index is 0.199. The van der Waals surface area contributed by atoms with E-state index in [4.69, 9.17) is 10.4 Å². The predicted molar refractivity (Wildman–Crippen MR) is 73.3 cm³/mol. The molecule has 1 aromatic heterocycles. The fraction of sp³-hybridized carbons (Fsp3) is 0. The molecule has 5 nitrogen and oxygen atoms in total. The maximum Gasteiger partial charge on any atom is 0.335 e. The van der Waals surface area contributed by atoms with Crippen LogP contribution in [0.2, 0.25) is 0 Å². The normalized spacial score (nSPS) is 9.68. The molecule has 0 saturated carbocycles. The van der Waals surface area contributed by atoms with Crippen LogP contribution in [-0.2, 0) is 0 Å². The Morgan fingerprint density at radius 2 is 2.16 bits per heavy atom. The Morgan fingerprint density at radius 1 is 1.37 bits per heavy atom. The van der Waals surface area contributed by atoms with Crippen molar-refractivity contribution < 1.29 is 9.90 Å². The van der Waals surface area contributed by atoms with Crippen LogP contribution >= 0.6 is 15.9 Å². The third-order valence-corrected chi connectivity index (χ3v) is 3.03. The zero-order valence-corrected chi connectivity index (χ0v) is 11.2. The summed E-state index contributed by atoms with van der Waals surface area (Å²) in [5.41, 5.74) is 1.37. The quantitative estimate of drug-likeness (QED) is 0.908. The number of carboxylic acids is 1. The van der Waals surface area contributed by atoms with Gasteiger partial charge in [-0.2, -0.15) is 5.26 Å². The summed E-state index contributed by atoms with van der Waals surface area (Å²) in [7, 11) is 0. The van der Waals surface area contributed by atoms with Crippen molar-refractivity contribution in [3.63, 3.8) is 0 Å². The van der Waals surface area contributed by atoms with Gasteiger partial charge < -0.3 is 10.4 Å². The highest BCUT2D eigenvalue weighted by molar-refractivity contribution is 9.10. The Balaban J connectivity index is 2.23. The van der Waals surface area contributed by atoms with E-state index < -0.39 is 5.97 Å². The lowest BCUT2D eigenvalue weighted by molar-refractivity contribution is 0.0697. The third-order valence-electron chi connectivity index (χ3n) is 2.37. The molecule has 0 aliphatic heterocycles. The highest BCUT2D eigenvalue weighted by Gasteiger charge is 2.07. The van der Waals surface area contributed by atoms with E-state index in [2.05, 4.69) is 26.2 Å². The van der Waals surface area contributed by atoms with E-state index in [1.165, 1.54) is 18.3 Å². The molecule has 0 bridgehead atoms. The second kappa shape index (κ2) is 5.50. The summed E-state index contributed by atoms with van der Waals surface area (Å²) in [5, 5.41) is 20.6. The van der Waals surface area contributed by atoms with Gasteiger partial charge in [0, 0.05) is 10.7 Å². The Labute approximate surface area is 117 Å². The molecule has 0 spiro atoms. The minimum Gasteiger partial charge on any atom is -0.478 e. The highest BCUT2D eigenvalue weighted by Crippen LogP contribution is 2.26. The van der Waals surface area contributed by atoms with E-state index in [9.17, 15) is 4.79 Å². The van der Waals surface area contributed by atoms with Crippen molar-refractivity contribution in [2.45, 2.75) is 0 Å². The lowest BCUT2D eigenvalue weighted by atomic mass is 10.2. The number of benzene rings is 1. The largest absolute Gasteiger partial charge is 0.478 e. The number of nitrogens with one attached hydrogen (secondary N) is 1. The van der Waals surface area contributed by atoms with Crippen LogP contribution < -0.4 is 5.32 Å². The smallest absolute Gasteiger partial charge is 0.335 e. The number of carboxylic acid groups (broad SMARTS) is 1. The topological polar surface area (TPSA) is 86.0 Å². The summed E-state index contributed by atoms with van der Waals surface area (Å²) in [6.07, 6.45) is 1.46. The number of aromatic nitrogens is 1. The zero-order valence-electron chi connectivity index (χ0n) is 9.59. The third kappa shape index (κ3) is 3.09. The summed E-state index contributed by atoms with van der Waals surface area (Å²) >= 11 is 3.30. The van der Waals surface area contributed by atoms with Crippen molar-refractivity contribution >= 4 is 33.4 Å². The summed E-state index contributed by atoms with van der Waals surface area (Å²) in [6, 6.07) is 9.96. The van der Waals surface area contributed by atoms with Crippen molar-refractivity contribution in [1.82, 2.24) is 4.98 Å². The lowest BCUT2D eigenvalue weighted by Crippen LogP contribution is -1.99. The predicted octanol–water partition coefficient (Wildman–Crippen LogP) is 3.16. The number of aromatic carboxylic acids is 1. The van der Waals surface area contributed by atoms with Crippen molar-refractivity contribution in [3.05, 3.63) is 52.1 Å². The van der Waals surface area contributed by atoms with Crippen LogP contribution in [-0.4, -0.2) is 16.1 Å². The minimum atomic E-state index is -0.983. The Morgan fingerprint density at radius 3 is 2.68 bits per heavy atom. The van der Waals surface area contributed by atoms with Crippen LogP contribution in [0.3, 0.4) is 0 Å². The van der Waals surface area contributed by atoms with Gasteiger partial charge >= 0.3 is 5.97 Å². The van der Waals surface area contributed by atoms with Gasteiger partial charge in [0.15, 0.2) is 0 Å². The molecule has 6 heteroatoms. The molecule has 0 atom stereocenters. The number of hydrogen-bond acceptors (Lipinski definition) is 4. The fourth-order valence-corrected chi connectivity index (χ4v) is 1.90. The molecule has 0 aliphatic carbocycles. The molecule has 0 radical (unpaired) electrons. The summed E-state index contributed by atoms with van der Waals surface area (Å²) in [4.78, 5) is 14.9. The number of hydrogen-bond donors (Lipinski definition) is 2. The van der Waals surface area contributed by atoms with E-state index in [1.54, 1.807) is 18.2 Å². The first-order chi connectivity index (χ1) is 9.10. The zero-order chi connectivity index (χ0) is 13.8. The first-order valence-electron chi connectivity index (χ1n) is 5.26. The molecule has 2 rings (SSSR count). The van der Waals surface area contributed by atoms with Gasteiger partial charge in [-0.15, -0.1) is 0 Å². The molecule has 0 saturated heterocycles. The molecule has 0 aliphatic rings. The van der Waals surface area contributed by atoms with E-state index in [0.29, 0.717) is 21.5 Å². The first-order valence-corrected chi connectivity index (χ1v) is 6.05. The fourth-order valence-electron chi connectivity index (χ4n) is 1.42. The molecule has 2 N–H and O–H groups in total. The molecule has 0 amide bonds. The average Bonchev–Trinajstić information content (AvgIpc) is 2.41. The van der Waals surface area contributed by atoms with E-state index >= 15 is 0 Å². The summed E-state index contributed by atoms with van der Waals surface area (Å²) in [5.74, 6) is -0.411. The van der Waals surface area contributed by atoms with Crippen molar-refractivity contribution in [2.75, 3.05) is 5.32 Å². The molecular weight excluding hydrogens is 310 g/mol. The second-order valence-electron chi connectivity index (χ2n) is 3.67. The molecule has 0 fully saturated rings. The SMILES string of the molecule is N#Cc1ccc(Nc2ccc(C(=O)O)cc2Br)nc1. The van der Waals surface area contributed by atoms with Crippen LogP contribution in [0.4, 0.5) is 11.5 Å². The van der Waals surface area contributed by atoms with Gasteiger partial charge in [-0.3, -0.25) is 0 Å². The molecule has 0 unspecified atom stereocenters. The Kier molecular flexibility index (Phi) is 3.78. The standard InChI is InChI=1S/C13H8BrN3O2/c14-10-5-9(13(18)19)2-3-11(10)17-12-4-1-8(6-15)7-16-12/h1-5,7H,(H,16,17)(H,18,19). The maximum atomic E-state index is 10.8. The molecule has 1 heterocycles. The van der Waals surface area contributed by atoms with E-state index in [1.807, 2.05) is 6.07 Å². The molecule has 1 aromatic carbocycles. The Hall–Kier alpha value is -2.39. The van der Waals surface area contributed by atoms with E-state index in [-0.39, 0.29) is 5.56 Å². The lowest BCUT2D eigenvalue weighted by Gasteiger charge is -2.08. The number of halogens is 1. The number of rotatable bonds is 3. The van der Waals surface area contributed by atoms with Gasteiger partial charge in [0.1, 0.15) is 11.9 Å². The number of anilines is 2. The van der Waals surface area contributed by atoms with Gasteiger partial charge in [0.2, 0.25) is 0 Å². The van der Waals surface area contributed by atoms with Crippen LogP contribution in [0.1, 0.15) is 15.9 Å². The summed E-state index contributed by atoms with van der Waals surface area (Å²) < 4.78 is 0.624. The number of pyridine rings is 1. The molecular formula is C13H8BrN3O2. The number of nitrogens with zero attached hydrogens (tertiary/aromatic N) is 2. The first kappa shape index (κ1) is 13.1. The highest BCUT2D eigenvalue weighted by atomic mass is 79.9. The molecule has 19 heavy (non-hydrogen) atoms. The Bertz CT molecular complexity index is 663. The summed E-state index contributed by atoms with van der Waals surface area (Å²) in [6.45, 7) is 0. The number of nitriles is 1. The average molecular weight is 318 g/mol. The van der Waals surface area contributed by atoms with Gasteiger partial charge in [0.05, 0.1) is 16.8 Å². The van der Waals surface area contributed by atoms with Crippen LogP contribution in [0.15, 0.2) is 41.0 Å². The van der Waals surface area contributed by atoms with Crippen molar-refractivity contribution in [3.8, 4) is 6.07 Å². The molecule has 2 aromatic rings. The number of carbonyl (C=O) groups is 1. The van der Waals surface area contributed by atoms with Gasteiger partial charge in [-0.25, -0.2) is 9.78 Å². The molecule has 94 valence electrons. The van der Waals surface area contributed by atoms with Crippen molar-refractivity contribution in [2.24, 2.45) is 0 Å². The van der Waals surface area contributed by atoms with Gasteiger partial charge in [0.25, 0.3) is 0 Å². The van der Waals surface area contributed by atoms with Crippen LogP contribution in [0.5, 0.6) is 0 Å². The monoisotopic (exact) mass is 317 g/mol. The van der Waals surface area contributed by atoms with Crippen LogP contribution in [0.25, 0.3) is 0 Å². The van der Waals surface area contributed by atoms with Crippen molar-refractivity contribution in [1.29, 1.82) is 5.26 Å². The van der Waals surface area contributed by atoms with Gasteiger partial charge in [-0.05, 0) is 46.3 Å².